The van der Waals surface area contributed by atoms with Crippen LogP contribution < -0.4 is 20.5 Å². The van der Waals surface area contributed by atoms with Crippen LogP contribution in [-0.2, 0) is 11.3 Å². The minimum atomic E-state index is -0.461. The lowest BCUT2D eigenvalue weighted by Crippen LogP contribution is -2.44. The average Bonchev–Trinajstić information content (AvgIpc) is 2.93. The van der Waals surface area contributed by atoms with Gasteiger partial charge in [0.1, 0.15) is 11.5 Å². The van der Waals surface area contributed by atoms with Crippen molar-refractivity contribution in [3.05, 3.63) is 23.8 Å². The van der Waals surface area contributed by atoms with E-state index in [0.29, 0.717) is 0 Å². The SMILES string of the molecule is COc1cc(CN2CCC(NC(=O)[C@@H](C)N)C2)cc(OC)c1. The van der Waals surface area contributed by atoms with Crippen LogP contribution in [0.4, 0.5) is 0 Å². The van der Waals surface area contributed by atoms with Crippen molar-refractivity contribution in [2.75, 3.05) is 27.3 Å². The summed E-state index contributed by atoms with van der Waals surface area (Å²) in [7, 11) is 3.29. The van der Waals surface area contributed by atoms with E-state index in [-0.39, 0.29) is 11.9 Å². The highest BCUT2D eigenvalue weighted by Crippen LogP contribution is 2.24. The Bertz CT molecular complexity index is 497. The van der Waals surface area contributed by atoms with Crippen molar-refractivity contribution < 1.29 is 14.3 Å². The number of methoxy groups -OCH3 is 2. The summed E-state index contributed by atoms with van der Waals surface area (Å²) in [5, 5.41) is 2.98. The van der Waals surface area contributed by atoms with Crippen molar-refractivity contribution in [2.24, 2.45) is 5.73 Å². The summed E-state index contributed by atoms with van der Waals surface area (Å²) in [6, 6.07) is 5.59. The summed E-state index contributed by atoms with van der Waals surface area (Å²) in [6.07, 6.45) is 0.944. The Morgan fingerprint density at radius 3 is 2.55 bits per heavy atom. The fourth-order valence-electron chi connectivity index (χ4n) is 2.64. The van der Waals surface area contributed by atoms with Crippen molar-refractivity contribution >= 4 is 5.91 Å². The van der Waals surface area contributed by atoms with E-state index in [4.69, 9.17) is 15.2 Å². The third-order valence-electron chi connectivity index (χ3n) is 3.85. The van der Waals surface area contributed by atoms with E-state index in [1.807, 2.05) is 18.2 Å². The van der Waals surface area contributed by atoms with Crippen LogP contribution in [0.1, 0.15) is 18.9 Å². The average molecular weight is 307 g/mol. The van der Waals surface area contributed by atoms with Crippen LogP contribution in [0.5, 0.6) is 11.5 Å². The van der Waals surface area contributed by atoms with Crippen molar-refractivity contribution in [3.63, 3.8) is 0 Å². The summed E-state index contributed by atoms with van der Waals surface area (Å²) in [4.78, 5) is 13.9. The van der Waals surface area contributed by atoms with Crippen molar-refractivity contribution in [1.82, 2.24) is 10.2 Å². The van der Waals surface area contributed by atoms with Crippen LogP contribution in [-0.4, -0.2) is 50.2 Å². The van der Waals surface area contributed by atoms with E-state index in [9.17, 15) is 4.79 Å². The second-order valence-electron chi connectivity index (χ2n) is 5.74. The van der Waals surface area contributed by atoms with Crippen LogP contribution in [0, 0.1) is 0 Å². The molecule has 3 N–H and O–H groups in total. The Labute approximate surface area is 131 Å². The topological polar surface area (TPSA) is 76.8 Å². The fraction of sp³-hybridized carbons (Fsp3) is 0.562. The van der Waals surface area contributed by atoms with Gasteiger partial charge >= 0.3 is 0 Å². The molecule has 1 unspecified atom stereocenters. The molecule has 0 aromatic heterocycles. The number of ether oxygens (including phenoxy) is 2. The van der Waals surface area contributed by atoms with Gasteiger partial charge in [0.25, 0.3) is 0 Å². The molecular weight excluding hydrogens is 282 g/mol. The van der Waals surface area contributed by atoms with E-state index in [1.54, 1.807) is 21.1 Å². The second kappa shape index (κ2) is 7.47. The Kier molecular flexibility index (Phi) is 5.63. The summed E-state index contributed by atoms with van der Waals surface area (Å²) < 4.78 is 10.6. The maximum atomic E-state index is 11.6. The molecular formula is C16H25N3O3. The number of nitrogens with one attached hydrogen (secondary N) is 1. The quantitative estimate of drug-likeness (QED) is 0.811. The molecule has 22 heavy (non-hydrogen) atoms. The van der Waals surface area contributed by atoms with E-state index in [1.165, 1.54) is 0 Å². The highest BCUT2D eigenvalue weighted by atomic mass is 16.5. The third kappa shape index (κ3) is 4.35. The first kappa shape index (κ1) is 16.6. The number of likely N-dealkylation sites (tertiary alicyclic amines) is 1. The highest BCUT2D eigenvalue weighted by Gasteiger charge is 2.24. The maximum Gasteiger partial charge on any atom is 0.236 e. The van der Waals surface area contributed by atoms with E-state index in [0.717, 1.165) is 43.1 Å². The smallest absolute Gasteiger partial charge is 0.236 e. The number of nitrogens with two attached hydrogens (primary N) is 1. The molecule has 1 aliphatic heterocycles. The number of hydrogen-bond donors (Lipinski definition) is 2. The molecule has 0 aliphatic carbocycles. The molecule has 6 nitrogen and oxygen atoms in total. The van der Waals surface area contributed by atoms with Gasteiger partial charge in [-0.25, -0.2) is 0 Å². The van der Waals surface area contributed by atoms with Gasteiger partial charge in [0.05, 0.1) is 20.3 Å². The summed E-state index contributed by atoms with van der Waals surface area (Å²) in [6.45, 7) is 4.28. The van der Waals surface area contributed by atoms with Crippen LogP contribution in [0.3, 0.4) is 0 Å². The first-order valence-corrected chi connectivity index (χ1v) is 7.52. The van der Waals surface area contributed by atoms with Gasteiger partial charge in [0.2, 0.25) is 5.91 Å². The molecule has 0 radical (unpaired) electrons. The number of carbonyl (C=O) groups is 1. The van der Waals surface area contributed by atoms with E-state index in [2.05, 4.69) is 10.2 Å². The third-order valence-corrected chi connectivity index (χ3v) is 3.85. The lowest BCUT2D eigenvalue weighted by Gasteiger charge is -2.18. The summed E-state index contributed by atoms with van der Waals surface area (Å²) in [5.41, 5.74) is 6.72. The molecule has 2 atom stereocenters. The molecule has 6 heteroatoms. The van der Waals surface area contributed by atoms with Crippen molar-refractivity contribution in [1.29, 1.82) is 0 Å². The molecule has 0 spiro atoms. The minimum absolute atomic E-state index is 0.0881. The number of hydrogen-bond acceptors (Lipinski definition) is 5. The Morgan fingerprint density at radius 2 is 2.00 bits per heavy atom. The molecule has 1 saturated heterocycles. The summed E-state index contributed by atoms with van der Waals surface area (Å²) in [5.74, 6) is 1.49. The first-order valence-electron chi connectivity index (χ1n) is 7.52. The first-order chi connectivity index (χ1) is 10.5. The molecule has 2 rings (SSSR count). The molecule has 1 aromatic rings. The van der Waals surface area contributed by atoms with Gasteiger partial charge < -0.3 is 20.5 Å². The largest absolute Gasteiger partial charge is 0.497 e. The predicted octanol–water partition coefficient (Wildman–Crippen LogP) is 0.742. The predicted molar refractivity (Wildman–Crippen MR) is 85.0 cm³/mol. The molecule has 0 saturated carbocycles. The van der Waals surface area contributed by atoms with Gasteiger partial charge in [-0.2, -0.15) is 0 Å². The molecule has 1 aliphatic rings. The maximum absolute atomic E-state index is 11.6. The normalized spacial score (nSPS) is 19.7. The van der Waals surface area contributed by atoms with Crippen LogP contribution in [0.2, 0.25) is 0 Å². The zero-order chi connectivity index (χ0) is 16.1. The van der Waals surface area contributed by atoms with Crippen molar-refractivity contribution in [3.8, 4) is 11.5 Å². The molecule has 122 valence electrons. The lowest BCUT2D eigenvalue weighted by atomic mass is 10.2. The van der Waals surface area contributed by atoms with Crippen LogP contribution in [0.15, 0.2) is 18.2 Å². The highest BCUT2D eigenvalue weighted by molar-refractivity contribution is 5.81. The van der Waals surface area contributed by atoms with Gasteiger partial charge in [0.15, 0.2) is 0 Å². The Morgan fingerprint density at radius 1 is 1.36 bits per heavy atom. The molecule has 0 bridgehead atoms. The molecule has 1 amide bonds. The minimum Gasteiger partial charge on any atom is -0.497 e. The molecule has 1 aromatic carbocycles. The van der Waals surface area contributed by atoms with Gasteiger partial charge in [-0.3, -0.25) is 9.69 Å². The Balaban J connectivity index is 1.94. The van der Waals surface area contributed by atoms with Crippen LogP contribution >= 0.6 is 0 Å². The molecule has 1 heterocycles. The zero-order valence-corrected chi connectivity index (χ0v) is 13.5. The van der Waals surface area contributed by atoms with E-state index < -0.39 is 6.04 Å². The van der Waals surface area contributed by atoms with Crippen molar-refractivity contribution in [2.45, 2.75) is 32.0 Å². The monoisotopic (exact) mass is 307 g/mol. The zero-order valence-electron chi connectivity index (χ0n) is 13.5. The second-order valence-corrected chi connectivity index (χ2v) is 5.74. The van der Waals surface area contributed by atoms with Gasteiger partial charge in [-0.1, -0.05) is 0 Å². The number of carbonyl (C=O) groups excluding carboxylic acids is 1. The molecule has 1 fully saturated rings. The number of nitrogens with zero attached hydrogens (tertiary/aromatic N) is 1. The lowest BCUT2D eigenvalue weighted by molar-refractivity contribution is -0.122. The van der Waals surface area contributed by atoms with Gasteiger partial charge in [-0.15, -0.1) is 0 Å². The standard InChI is InChI=1S/C16H25N3O3/c1-11(17)16(20)18-13-4-5-19(10-13)9-12-6-14(21-2)8-15(7-12)22-3/h6-8,11,13H,4-5,9-10,17H2,1-3H3,(H,18,20)/t11-,13?/m1/s1. The van der Waals surface area contributed by atoms with Crippen LogP contribution in [0.25, 0.3) is 0 Å². The number of benzene rings is 1. The number of amides is 1. The van der Waals surface area contributed by atoms with Gasteiger partial charge in [0, 0.05) is 31.7 Å². The summed E-state index contributed by atoms with van der Waals surface area (Å²) >= 11 is 0. The Hall–Kier alpha value is -1.79. The van der Waals surface area contributed by atoms with E-state index >= 15 is 0 Å². The van der Waals surface area contributed by atoms with Gasteiger partial charge in [-0.05, 0) is 31.0 Å². The fourth-order valence-corrected chi connectivity index (χ4v) is 2.64. The number of rotatable bonds is 6.